The minimum absolute atomic E-state index is 0.188. The zero-order valence-electron chi connectivity index (χ0n) is 10.4. The summed E-state index contributed by atoms with van der Waals surface area (Å²) in [4.78, 5) is 22.0. The van der Waals surface area contributed by atoms with Gasteiger partial charge >= 0.3 is 5.69 Å². The van der Waals surface area contributed by atoms with Gasteiger partial charge in [0, 0.05) is 7.05 Å². The molecule has 0 saturated carbocycles. The average molecular weight is 261 g/mol. The van der Waals surface area contributed by atoms with Crippen molar-refractivity contribution in [1.29, 1.82) is 0 Å². The van der Waals surface area contributed by atoms with E-state index in [0.29, 0.717) is 5.76 Å². The fourth-order valence-corrected chi connectivity index (χ4v) is 1.56. The zero-order chi connectivity index (χ0) is 14.0. The topological polar surface area (TPSA) is 91.2 Å². The number of ketones is 1. The van der Waals surface area contributed by atoms with Crippen molar-refractivity contribution >= 4 is 17.5 Å². The molecule has 7 nitrogen and oxygen atoms in total. The molecule has 2 heterocycles. The van der Waals surface area contributed by atoms with E-state index in [2.05, 4.69) is 5.10 Å². The van der Waals surface area contributed by atoms with Crippen LogP contribution < -0.4 is 0 Å². The maximum Gasteiger partial charge on any atom is 0.318 e. The maximum atomic E-state index is 11.9. The third-order valence-electron chi connectivity index (χ3n) is 2.40. The normalized spacial score (nSPS) is 11.1. The highest BCUT2D eigenvalue weighted by Crippen LogP contribution is 2.17. The van der Waals surface area contributed by atoms with Crippen LogP contribution in [0.1, 0.15) is 22.0 Å². The van der Waals surface area contributed by atoms with Gasteiger partial charge in [0.15, 0.2) is 0 Å². The molecular weight excluding hydrogens is 250 g/mol. The van der Waals surface area contributed by atoms with Gasteiger partial charge in [0.05, 0.1) is 4.92 Å². The summed E-state index contributed by atoms with van der Waals surface area (Å²) >= 11 is 0. The standard InChI is InChI=1S/C12H11N3O4/c1-8-3-4-9(19-8)5-6-11(16)12-10(15(17)18)7-14(2)13-12/h3-7H,1-2H3/b6-5+. The fraction of sp³-hybridized carbons (Fsp3) is 0.167. The quantitative estimate of drug-likeness (QED) is 0.364. The van der Waals surface area contributed by atoms with Gasteiger partial charge in [0.25, 0.3) is 0 Å². The molecule has 19 heavy (non-hydrogen) atoms. The first-order valence-electron chi connectivity index (χ1n) is 5.44. The van der Waals surface area contributed by atoms with Crippen LogP contribution in [0.25, 0.3) is 6.08 Å². The van der Waals surface area contributed by atoms with E-state index in [1.165, 1.54) is 30.1 Å². The smallest absolute Gasteiger partial charge is 0.318 e. The van der Waals surface area contributed by atoms with Crippen LogP contribution in [-0.2, 0) is 7.05 Å². The van der Waals surface area contributed by atoms with Crippen LogP contribution in [0.2, 0.25) is 0 Å². The van der Waals surface area contributed by atoms with E-state index >= 15 is 0 Å². The average Bonchev–Trinajstić information content (AvgIpc) is 2.92. The molecule has 0 bridgehead atoms. The summed E-state index contributed by atoms with van der Waals surface area (Å²) in [6.07, 6.45) is 3.85. The van der Waals surface area contributed by atoms with E-state index in [4.69, 9.17) is 4.42 Å². The zero-order valence-corrected chi connectivity index (χ0v) is 10.4. The molecule has 0 saturated heterocycles. The number of carbonyl (C=O) groups excluding carboxylic acids is 1. The summed E-state index contributed by atoms with van der Waals surface area (Å²) < 4.78 is 6.49. The van der Waals surface area contributed by atoms with Crippen molar-refractivity contribution in [2.24, 2.45) is 7.05 Å². The second-order valence-electron chi connectivity index (χ2n) is 3.94. The lowest BCUT2D eigenvalue weighted by Gasteiger charge is -1.89. The molecular formula is C12H11N3O4. The van der Waals surface area contributed by atoms with E-state index < -0.39 is 10.7 Å². The lowest BCUT2D eigenvalue weighted by atomic mass is 10.2. The van der Waals surface area contributed by atoms with Crippen molar-refractivity contribution in [2.75, 3.05) is 0 Å². The number of nitro groups is 1. The van der Waals surface area contributed by atoms with Crippen molar-refractivity contribution in [3.8, 4) is 0 Å². The van der Waals surface area contributed by atoms with Crippen LogP contribution in [0.3, 0.4) is 0 Å². The molecule has 0 aliphatic rings. The minimum atomic E-state index is -0.634. The highest BCUT2D eigenvalue weighted by molar-refractivity contribution is 6.07. The molecule has 7 heteroatoms. The van der Waals surface area contributed by atoms with Gasteiger partial charge in [-0.1, -0.05) is 0 Å². The number of aryl methyl sites for hydroxylation is 2. The summed E-state index contributed by atoms with van der Waals surface area (Å²) in [5.41, 5.74) is -0.500. The number of furan rings is 1. The lowest BCUT2D eigenvalue weighted by molar-refractivity contribution is -0.385. The number of aromatic nitrogens is 2. The van der Waals surface area contributed by atoms with Gasteiger partial charge in [-0.25, -0.2) is 0 Å². The molecule has 0 atom stereocenters. The third kappa shape index (κ3) is 2.76. The van der Waals surface area contributed by atoms with Gasteiger partial charge in [-0.3, -0.25) is 19.6 Å². The summed E-state index contributed by atoms with van der Waals surface area (Å²) in [5, 5.41) is 14.6. The molecule has 0 unspecified atom stereocenters. The fourth-order valence-electron chi connectivity index (χ4n) is 1.56. The molecule has 2 rings (SSSR count). The van der Waals surface area contributed by atoms with Crippen LogP contribution in [-0.4, -0.2) is 20.5 Å². The molecule has 0 fully saturated rings. The molecule has 0 spiro atoms. The first kappa shape index (κ1) is 12.7. The Balaban J connectivity index is 2.25. The Morgan fingerprint density at radius 2 is 2.26 bits per heavy atom. The van der Waals surface area contributed by atoms with Gasteiger partial charge in [-0.05, 0) is 31.2 Å². The van der Waals surface area contributed by atoms with Crippen LogP contribution in [0.5, 0.6) is 0 Å². The number of carbonyl (C=O) groups is 1. The van der Waals surface area contributed by atoms with Gasteiger partial charge in [-0.15, -0.1) is 0 Å². The largest absolute Gasteiger partial charge is 0.462 e. The molecule has 2 aromatic heterocycles. The van der Waals surface area contributed by atoms with Crippen molar-refractivity contribution in [3.05, 3.63) is 51.7 Å². The van der Waals surface area contributed by atoms with E-state index in [1.54, 1.807) is 19.1 Å². The van der Waals surface area contributed by atoms with E-state index in [9.17, 15) is 14.9 Å². The van der Waals surface area contributed by atoms with Gasteiger partial charge in [-0.2, -0.15) is 5.10 Å². The van der Waals surface area contributed by atoms with Crippen LogP contribution in [0, 0.1) is 17.0 Å². The highest BCUT2D eigenvalue weighted by Gasteiger charge is 2.22. The third-order valence-corrected chi connectivity index (χ3v) is 2.40. The monoisotopic (exact) mass is 261 g/mol. The van der Waals surface area contributed by atoms with Crippen molar-refractivity contribution in [1.82, 2.24) is 9.78 Å². The molecule has 2 aromatic rings. The summed E-state index contributed by atoms with van der Waals surface area (Å²) in [7, 11) is 1.52. The maximum absolute atomic E-state index is 11.9. The summed E-state index contributed by atoms with van der Waals surface area (Å²) in [6, 6.07) is 3.46. The number of hydrogen-bond acceptors (Lipinski definition) is 5. The molecule has 0 N–H and O–H groups in total. The van der Waals surface area contributed by atoms with Crippen molar-refractivity contribution in [3.63, 3.8) is 0 Å². The van der Waals surface area contributed by atoms with Crippen LogP contribution in [0.15, 0.2) is 28.8 Å². The van der Waals surface area contributed by atoms with Gasteiger partial charge < -0.3 is 4.42 Å². The first-order valence-corrected chi connectivity index (χ1v) is 5.44. The van der Waals surface area contributed by atoms with Crippen LogP contribution in [0.4, 0.5) is 5.69 Å². The van der Waals surface area contributed by atoms with Gasteiger partial charge in [0.2, 0.25) is 11.5 Å². The first-order chi connectivity index (χ1) is 8.97. The Morgan fingerprint density at radius 3 is 2.84 bits per heavy atom. The number of hydrogen-bond donors (Lipinski definition) is 0. The molecule has 0 aliphatic carbocycles. The van der Waals surface area contributed by atoms with E-state index in [-0.39, 0.29) is 11.4 Å². The Bertz CT molecular complexity index is 666. The highest BCUT2D eigenvalue weighted by atomic mass is 16.6. The van der Waals surface area contributed by atoms with E-state index in [0.717, 1.165) is 5.76 Å². The van der Waals surface area contributed by atoms with E-state index in [1.807, 2.05) is 0 Å². The molecule has 98 valence electrons. The molecule has 0 amide bonds. The Labute approximate surface area is 108 Å². The summed E-state index contributed by atoms with van der Waals surface area (Å²) in [5.74, 6) is 0.682. The summed E-state index contributed by atoms with van der Waals surface area (Å²) in [6.45, 7) is 1.78. The molecule has 0 aromatic carbocycles. The van der Waals surface area contributed by atoms with Gasteiger partial charge in [0.1, 0.15) is 17.7 Å². The lowest BCUT2D eigenvalue weighted by Crippen LogP contribution is -2.00. The van der Waals surface area contributed by atoms with Crippen LogP contribution >= 0.6 is 0 Å². The Morgan fingerprint density at radius 1 is 1.53 bits per heavy atom. The predicted octanol–water partition coefficient (Wildman–Crippen LogP) is 2.13. The second kappa shape index (κ2) is 4.89. The molecule has 0 aliphatic heterocycles. The molecule has 0 radical (unpaired) electrons. The Kier molecular flexibility index (Phi) is 3.28. The Hall–Kier alpha value is -2.70. The number of rotatable bonds is 4. The minimum Gasteiger partial charge on any atom is -0.462 e. The predicted molar refractivity (Wildman–Crippen MR) is 66.7 cm³/mol. The number of allylic oxidation sites excluding steroid dienone is 1. The number of nitrogens with zero attached hydrogens (tertiary/aromatic N) is 3. The second-order valence-corrected chi connectivity index (χ2v) is 3.94. The van der Waals surface area contributed by atoms with Crippen molar-refractivity contribution in [2.45, 2.75) is 6.92 Å². The SMILES string of the molecule is Cc1ccc(/C=C/C(=O)c2nn(C)cc2[N+](=O)[O-])o1. The van der Waals surface area contributed by atoms with Crippen molar-refractivity contribution < 1.29 is 14.1 Å².